The van der Waals surface area contributed by atoms with E-state index in [1.807, 2.05) is 0 Å². The SMILES string of the molecule is NCC1COC2(CCOCC2)C1. The van der Waals surface area contributed by atoms with E-state index in [9.17, 15) is 0 Å². The van der Waals surface area contributed by atoms with Crippen LogP contribution in [0.25, 0.3) is 0 Å². The van der Waals surface area contributed by atoms with E-state index >= 15 is 0 Å². The van der Waals surface area contributed by atoms with Gasteiger partial charge in [0.15, 0.2) is 0 Å². The van der Waals surface area contributed by atoms with Crippen molar-refractivity contribution >= 4 is 0 Å². The van der Waals surface area contributed by atoms with Crippen LogP contribution in [0.1, 0.15) is 19.3 Å². The lowest BCUT2D eigenvalue weighted by molar-refractivity contribution is -0.0777. The van der Waals surface area contributed by atoms with Gasteiger partial charge in [0.05, 0.1) is 12.2 Å². The fraction of sp³-hybridized carbons (Fsp3) is 1.00. The molecule has 2 N–H and O–H groups in total. The third-order valence-electron chi connectivity index (χ3n) is 3.02. The zero-order valence-electron chi connectivity index (χ0n) is 7.42. The highest BCUT2D eigenvalue weighted by molar-refractivity contribution is 4.90. The van der Waals surface area contributed by atoms with Crippen molar-refractivity contribution in [2.75, 3.05) is 26.4 Å². The molecule has 3 nitrogen and oxygen atoms in total. The third-order valence-corrected chi connectivity index (χ3v) is 3.02. The van der Waals surface area contributed by atoms with Crippen molar-refractivity contribution in [2.45, 2.75) is 24.9 Å². The number of rotatable bonds is 1. The molecule has 2 aliphatic heterocycles. The summed E-state index contributed by atoms with van der Waals surface area (Å²) < 4.78 is 11.1. The lowest BCUT2D eigenvalue weighted by Crippen LogP contribution is -2.35. The van der Waals surface area contributed by atoms with Gasteiger partial charge in [-0.3, -0.25) is 0 Å². The van der Waals surface area contributed by atoms with E-state index in [4.69, 9.17) is 15.2 Å². The van der Waals surface area contributed by atoms with E-state index in [0.717, 1.165) is 45.6 Å². The monoisotopic (exact) mass is 171 g/mol. The average molecular weight is 171 g/mol. The zero-order chi connectivity index (χ0) is 8.44. The van der Waals surface area contributed by atoms with Gasteiger partial charge in [0.1, 0.15) is 0 Å². The highest BCUT2D eigenvalue weighted by Crippen LogP contribution is 2.37. The Bertz CT molecular complexity index is 155. The van der Waals surface area contributed by atoms with Crippen LogP contribution in [0.2, 0.25) is 0 Å². The molecule has 2 fully saturated rings. The topological polar surface area (TPSA) is 44.5 Å². The van der Waals surface area contributed by atoms with Crippen LogP contribution < -0.4 is 5.73 Å². The Labute approximate surface area is 73.2 Å². The molecule has 0 aliphatic carbocycles. The van der Waals surface area contributed by atoms with Gasteiger partial charge in [0, 0.05) is 13.2 Å². The van der Waals surface area contributed by atoms with Gasteiger partial charge >= 0.3 is 0 Å². The van der Waals surface area contributed by atoms with Crippen molar-refractivity contribution in [3.05, 3.63) is 0 Å². The quantitative estimate of drug-likeness (QED) is 0.626. The van der Waals surface area contributed by atoms with Gasteiger partial charge < -0.3 is 15.2 Å². The molecule has 0 amide bonds. The van der Waals surface area contributed by atoms with Crippen molar-refractivity contribution in [1.82, 2.24) is 0 Å². The molecule has 12 heavy (non-hydrogen) atoms. The van der Waals surface area contributed by atoms with Crippen LogP contribution in [-0.2, 0) is 9.47 Å². The Morgan fingerprint density at radius 2 is 2.08 bits per heavy atom. The van der Waals surface area contributed by atoms with E-state index in [1.165, 1.54) is 0 Å². The standard InChI is InChI=1S/C9H17NO2/c10-6-8-5-9(12-7-8)1-3-11-4-2-9/h8H,1-7,10H2. The fourth-order valence-corrected chi connectivity index (χ4v) is 2.18. The van der Waals surface area contributed by atoms with E-state index in [-0.39, 0.29) is 5.60 Å². The highest BCUT2D eigenvalue weighted by Gasteiger charge is 2.40. The molecule has 0 aromatic rings. The molecule has 1 spiro atoms. The van der Waals surface area contributed by atoms with Gasteiger partial charge in [-0.25, -0.2) is 0 Å². The molecule has 1 unspecified atom stereocenters. The highest BCUT2D eigenvalue weighted by atomic mass is 16.5. The van der Waals surface area contributed by atoms with Gasteiger partial charge in [-0.2, -0.15) is 0 Å². The fourth-order valence-electron chi connectivity index (χ4n) is 2.18. The summed E-state index contributed by atoms with van der Waals surface area (Å²) in [6.07, 6.45) is 3.26. The smallest absolute Gasteiger partial charge is 0.0730 e. The molecule has 0 saturated carbocycles. The minimum Gasteiger partial charge on any atom is -0.381 e. The first-order chi connectivity index (χ1) is 5.85. The average Bonchev–Trinajstić information content (AvgIpc) is 2.50. The van der Waals surface area contributed by atoms with Crippen molar-refractivity contribution in [1.29, 1.82) is 0 Å². The van der Waals surface area contributed by atoms with Gasteiger partial charge in [-0.1, -0.05) is 0 Å². The Hall–Kier alpha value is -0.120. The van der Waals surface area contributed by atoms with Gasteiger partial charge in [-0.15, -0.1) is 0 Å². The molecule has 1 atom stereocenters. The number of ether oxygens (including phenoxy) is 2. The van der Waals surface area contributed by atoms with E-state index in [2.05, 4.69) is 0 Å². The van der Waals surface area contributed by atoms with Crippen LogP contribution in [0.3, 0.4) is 0 Å². The predicted octanol–water partition coefficient (Wildman–Crippen LogP) is 0.531. The second kappa shape index (κ2) is 3.32. The maximum Gasteiger partial charge on any atom is 0.0730 e. The van der Waals surface area contributed by atoms with E-state index in [1.54, 1.807) is 0 Å². The second-order valence-electron chi connectivity index (χ2n) is 3.91. The lowest BCUT2D eigenvalue weighted by Gasteiger charge is -2.32. The molecule has 2 rings (SSSR count). The molecule has 2 heterocycles. The first-order valence-electron chi connectivity index (χ1n) is 4.76. The summed E-state index contributed by atoms with van der Waals surface area (Å²) in [5.74, 6) is 0.586. The minimum absolute atomic E-state index is 0.141. The maximum absolute atomic E-state index is 5.82. The molecular weight excluding hydrogens is 154 g/mol. The molecule has 2 aliphatic rings. The first kappa shape index (κ1) is 8.48. The summed E-state index contributed by atoms with van der Waals surface area (Å²) in [5, 5.41) is 0. The Morgan fingerprint density at radius 1 is 1.33 bits per heavy atom. The van der Waals surface area contributed by atoms with E-state index < -0.39 is 0 Å². The summed E-state index contributed by atoms with van der Waals surface area (Å²) in [7, 11) is 0. The van der Waals surface area contributed by atoms with Crippen LogP contribution >= 0.6 is 0 Å². The van der Waals surface area contributed by atoms with Crippen LogP contribution in [-0.4, -0.2) is 32.0 Å². The second-order valence-corrected chi connectivity index (χ2v) is 3.91. The molecule has 0 radical (unpaired) electrons. The molecule has 70 valence electrons. The molecule has 2 saturated heterocycles. The summed E-state index contributed by atoms with van der Waals surface area (Å²) in [6, 6.07) is 0. The number of nitrogens with two attached hydrogens (primary N) is 1. The van der Waals surface area contributed by atoms with Crippen molar-refractivity contribution in [3.8, 4) is 0 Å². The number of hydrogen-bond donors (Lipinski definition) is 1. The molecule has 0 bridgehead atoms. The normalized spacial score (nSPS) is 34.2. The number of hydrogen-bond acceptors (Lipinski definition) is 3. The van der Waals surface area contributed by atoms with E-state index in [0.29, 0.717) is 5.92 Å². The van der Waals surface area contributed by atoms with Gasteiger partial charge in [0.25, 0.3) is 0 Å². The predicted molar refractivity (Wildman–Crippen MR) is 45.9 cm³/mol. The summed E-state index contributed by atoms with van der Waals surface area (Å²) >= 11 is 0. The van der Waals surface area contributed by atoms with Crippen LogP contribution in [0.15, 0.2) is 0 Å². The molecular formula is C9H17NO2. The minimum atomic E-state index is 0.141. The Balaban J connectivity index is 1.94. The summed E-state index contributed by atoms with van der Waals surface area (Å²) in [6.45, 7) is 3.34. The largest absolute Gasteiger partial charge is 0.381 e. The molecule has 0 aromatic carbocycles. The van der Waals surface area contributed by atoms with Crippen LogP contribution in [0.5, 0.6) is 0 Å². The van der Waals surface area contributed by atoms with Crippen molar-refractivity contribution < 1.29 is 9.47 Å². The molecule has 0 aromatic heterocycles. The lowest BCUT2D eigenvalue weighted by atomic mass is 9.87. The summed E-state index contributed by atoms with van der Waals surface area (Å²) in [4.78, 5) is 0. The van der Waals surface area contributed by atoms with Crippen molar-refractivity contribution in [2.24, 2.45) is 11.7 Å². The Kier molecular flexibility index (Phi) is 2.35. The molecule has 3 heteroatoms. The van der Waals surface area contributed by atoms with Crippen LogP contribution in [0.4, 0.5) is 0 Å². The first-order valence-corrected chi connectivity index (χ1v) is 4.76. The summed E-state index contributed by atoms with van der Waals surface area (Å²) in [5.41, 5.74) is 5.75. The maximum atomic E-state index is 5.82. The van der Waals surface area contributed by atoms with Crippen molar-refractivity contribution in [3.63, 3.8) is 0 Å². The Morgan fingerprint density at radius 3 is 2.67 bits per heavy atom. The third kappa shape index (κ3) is 1.49. The van der Waals surface area contributed by atoms with Crippen LogP contribution in [0, 0.1) is 5.92 Å². The van der Waals surface area contributed by atoms with Gasteiger partial charge in [0.2, 0.25) is 0 Å². The van der Waals surface area contributed by atoms with Gasteiger partial charge in [-0.05, 0) is 31.7 Å². The zero-order valence-corrected chi connectivity index (χ0v) is 7.42.